The Morgan fingerprint density at radius 2 is 2.33 bits per heavy atom. The third-order valence-corrected chi connectivity index (χ3v) is 2.66. The molecule has 0 radical (unpaired) electrons. The first-order valence-electron chi connectivity index (χ1n) is 5.76. The molecule has 0 aromatic carbocycles. The summed E-state index contributed by atoms with van der Waals surface area (Å²) in [6, 6.07) is 0. The van der Waals surface area contributed by atoms with Gasteiger partial charge in [0.25, 0.3) is 5.91 Å². The second kappa shape index (κ2) is 5.44. The average molecular weight is 249 g/mol. The molecule has 0 unspecified atom stereocenters. The zero-order valence-electron chi connectivity index (χ0n) is 10.1. The normalized spacial score (nSPS) is 15.8. The maximum absolute atomic E-state index is 12.2. The van der Waals surface area contributed by atoms with Gasteiger partial charge in [0.2, 0.25) is 5.91 Å². The van der Waals surface area contributed by atoms with Gasteiger partial charge in [0, 0.05) is 20.1 Å². The molecule has 18 heavy (non-hydrogen) atoms. The molecule has 2 rings (SSSR count). The molecule has 2 heterocycles. The summed E-state index contributed by atoms with van der Waals surface area (Å²) in [5, 5.41) is 5.54. The van der Waals surface area contributed by atoms with Crippen LogP contribution in [0, 0.1) is 0 Å². The van der Waals surface area contributed by atoms with Crippen LogP contribution in [-0.2, 0) is 4.79 Å². The van der Waals surface area contributed by atoms with E-state index in [9.17, 15) is 9.59 Å². The number of aromatic nitrogens is 2. The highest BCUT2D eigenvalue weighted by atomic mass is 16.2. The molecule has 1 aromatic rings. The van der Waals surface area contributed by atoms with Gasteiger partial charge in [0.1, 0.15) is 11.5 Å². The molecule has 1 fully saturated rings. The fourth-order valence-electron chi connectivity index (χ4n) is 1.73. The summed E-state index contributed by atoms with van der Waals surface area (Å²) in [5.74, 6) is 0.121. The van der Waals surface area contributed by atoms with E-state index in [1.54, 1.807) is 7.05 Å². The van der Waals surface area contributed by atoms with Crippen LogP contribution in [0.1, 0.15) is 16.9 Å². The van der Waals surface area contributed by atoms with Gasteiger partial charge in [-0.3, -0.25) is 14.6 Å². The molecule has 7 heteroatoms. The predicted molar refractivity (Wildman–Crippen MR) is 65.1 cm³/mol. The standard InChI is InChI=1S/C11H15N5O2/c1-12-9-6-13-5-8(15-9)11(18)16-4-2-3-14-10(17)7-16/h5-6H,2-4,7H2,1H3,(H,12,15)(H,14,17). The number of rotatable bonds is 2. The first-order chi connectivity index (χ1) is 8.70. The summed E-state index contributed by atoms with van der Waals surface area (Å²) in [4.78, 5) is 33.1. The van der Waals surface area contributed by atoms with E-state index in [0.29, 0.717) is 18.9 Å². The number of amides is 2. The zero-order valence-corrected chi connectivity index (χ0v) is 10.1. The molecule has 0 aliphatic carbocycles. The van der Waals surface area contributed by atoms with Gasteiger partial charge in [-0.25, -0.2) is 4.98 Å². The second-order valence-electron chi connectivity index (χ2n) is 3.97. The minimum Gasteiger partial charge on any atom is -0.372 e. The third kappa shape index (κ3) is 2.73. The molecule has 1 aromatic heterocycles. The van der Waals surface area contributed by atoms with E-state index in [2.05, 4.69) is 20.6 Å². The zero-order chi connectivity index (χ0) is 13.0. The molecule has 0 saturated carbocycles. The summed E-state index contributed by atoms with van der Waals surface area (Å²) in [6.45, 7) is 1.22. The van der Waals surface area contributed by atoms with Crippen molar-refractivity contribution in [1.82, 2.24) is 20.2 Å². The molecule has 1 aliphatic heterocycles. The first kappa shape index (κ1) is 12.3. The quantitative estimate of drug-likeness (QED) is 0.736. The smallest absolute Gasteiger partial charge is 0.274 e. The summed E-state index contributed by atoms with van der Waals surface area (Å²) in [6.07, 6.45) is 3.69. The van der Waals surface area contributed by atoms with E-state index in [0.717, 1.165) is 6.42 Å². The van der Waals surface area contributed by atoms with Crippen LogP contribution < -0.4 is 10.6 Å². The fourth-order valence-corrected chi connectivity index (χ4v) is 1.73. The number of nitrogens with zero attached hydrogens (tertiary/aromatic N) is 3. The summed E-state index contributed by atoms with van der Waals surface area (Å²) in [5.41, 5.74) is 0.247. The lowest BCUT2D eigenvalue weighted by molar-refractivity contribution is -0.121. The largest absolute Gasteiger partial charge is 0.372 e. The van der Waals surface area contributed by atoms with Gasteiger partial charge in [-0.05, 0) is 6.42 Å². The van der Waals surface area contributed by atoms with Crippen molar-refractivity contribution in [2.45, 2.75) is 6.42 Å². The molecule has 1 aliphatic rings. The molecule has 0 atom stereocenters. The highest BCUT2D eigenvalue weighted by molar-refractivity contribution is 5.95. The van der Waals surface area contributed by atoms with Crippen molar-refractivity contribution in [3.63, 3.8) is 0 Å². The minimum absolute atomic E-state index is 0.0737. The molecular formula is C11H15N5O2. The lowest BCUT2D eigenvalue weighted by Gasteiger charge is -2.18. The van der Waals surface area contributed by atoms with Gasteiger partial charge in [-0.1, -0.05) is 0 Å². The molecule has 0 spiro atoms. The van der Waals surface area contributed by atoms with Gasteiger partial charge < -0.3 is 15.5 Å². The Morgan fingerprint density at radius 1 is 1.50 bits per heavy atom. The molecule has 2 amide bonds. The van der Waals surface area contributed by atoms with Gasteiger partial charge in [0.15, 0.2) is 0 Å². The first-order valence-corrected chi connectivity index (χ1v) is 5.76. The molecule has 7 nitrogen and oxygen atoms in total. The second-order valence-corrected chi connectivity index (χ2v) is 3.97. The molecular weight excluding hydrogens is 234 g/mol. The van der Waals surface area contributed by atoms with Crippen LogP contribution in [0.4, 0.5) is 5.82 Å². The number of carbonyl (C=O) groups is 2. The van der Waals surface area contributed by atoms with Crippen LogP contribution >= 0.6 is 0 Å². The van der Waals surface area contributed by atoms with Gasteiger partial charge in [-0.15, -0.1) is 0 Å². The van der Waals surface area contributed by atoms with Crippen molar-refractivity contribution in [1.29, 1.82) is 0 Å². The Balaban J connectivity index is 2.16. The number of hydrogen-bond donors (Lipinski definition) is 2. The van der Waals surface area contributed by atoms with E-state index in [4.69, 9.17) is 0 Å². The van der Waals surface area contributed by atoms with Gasteiger partial charge in [0.05, 0.1) is 18.9 Å². The van der Waals surface area contributed by atoms with E-state index in [1.807, 2.05) is 0 Å². The average Bonchev–Trinajstić information content (AvgIpc) is 2.62. The summed E-state index contributed by atoms with van der Waals surface area (Å²) < 4.78 is 0. The van der Waals surface area contributed by atoms with E-state index < -0.39 is 0 Å². The van der Waals surface area contributed by atoms with Crippen molar-refractivity contribution in [3.05, 3.63) is 18.1 Å². The van der Waals surface area contributed by atoms with Gasteiger partial charge in [-0.2, -0.15) is 0 Å². The maximum Gasteiger partial charge on any atom is 0.274 e. The monoisotopic (exact) mass is 249 g/mol. The Morgan fingerprint density at radius 3 is 3.11 bits per heavy atom. The van der Waals surface area contributed by atoms with Crippen LogP contribution in [-0.4, -0.2) is 53.4 Å². The maximum atomic E-state index is 12.2. The third-order valence-electron chi connectivity index (χ3n) is 2.66. The number of carbonyl (C=O) groups excluding carboxylic acids is 2. The Hall–Kier alpha value is -2.18. The molecule has 96 valence electrons. The predicted octanol–water partition coefficient (Wildman–Crippen LogP) is -0.520. The topological polar surface area (TPSA) is 87.2 Å². The van der Waals surface area contributed by atoms with Gasteiger partial charge >= 0.3 is 0 Å². The Kier molecular flexibility index (Phi) is 3.71. The lowest BCUT2D eigenvalue weighted by atomic mass is 10.3. The SMILES string of the molecule is CNc1cncc(C(=O)N2CCCNC(=O)C2)n1. The van der Waals surface area contributed by atoms with Crippen molar-refractivity contribution < 1.29 is 9.59 Å². The Bertz CT molecular complexity index is 463. The van der Waals surface area contributed by atoms with E-state index >= 15 is 0 Å². The Labute approximate surface area is 105 Å². The van der Waals surface area contributed by atoms with E-state index in [-0.39, 0.29) is 24.1 Å². The van der Waals surface area contributed by atoms with Crippen LogP contribution in [0.3, 0.4) is 0 Å². The van der Waals surface area contributed by atoms with Crippen molar-refractivity contribution >= 4 is 17.6 Å². The lowest BCUT2D eigenvalue weighted by Crippen LogP contribution is -2.37. The number of anilines is 1. The summed E-state index contributed by atoms with van der Waals surface area (Å²) >= 11 is 0. The van der Waals surface area contributed by atoms with Crippen molar-refractivity contribution in [2.75, 3.05) is 32.0 Å². The molecule has 1 saturated heterocycles. The fraction of sp³-hybridized carbons (Fsp3) is 0.455. The summed E-state index contributed by atoms with van der Waals surface area (Å²) in [7, 11) is 1.71. The van der Waals surface area contributed by atoms with Crippen molar-refractivity contribution in [3.8, 4) is 0 Å². The highest BCUT2D eigenvalue weighted by Gasteiger charge is 2.22. The van der Waals surface area contributed by atoms with Crippen molar-refractivity contribution in [2.24, 2.45) is 0 Å². The highest BCUT2D eigenvalue weighted by Crippen LogP contribution is 2.06. The van der Waals surface area contributed by atoms with Crippen LogP contribution in [0.2, 0.25) is 0 Å². The van der Waals surface area contributed by atoms with Crippen LogP contribution in [0.15, 0.2) is 12.4 Å². The van der Waals surface area contributed by atoms with Crippen LogP contribution in [0.25, 0.3) is 0 Å². The number of nitrogens with one attached hydrogen (secondary N) is 2. The molecule has 2 N–H and O–H groups in total. The number of hydrogen-bond acceptors (Lipinski definition) is 5. The molecule has 0 bridgehead atoms. The minimum atomic E-state index is -0.267. The van der Waals surface area contributed by atoms with Crippen LogP contribution in [0.5, 0.6) is 0 Å². The van der Waals surface area contributed by atoms with E-state index in [1.165, 1.54) is 17.3 Å².